The largest absolute Gasteiger partial charge is 0.338 e. The minimum atomic E-state index is 0. The molecule has 1 aromatic rings. The van der Waals surface area contributed by atoms with E-state index < -0.39 is 0 Å². The fraction of sp³-hybridized carbons (Fsp3) is 0.500. The van der Waals surface area contributed by atoms with E-state index in [-0.39, 0.29) is 24.4 Å². The van der Waals surface area contributed by atoms with Crippen molar-refractivity contribution in [1.82, 2.24) is 4.90 Å². The molecule has 0 radical (unpaired) electrons. The molecule has 2 unspecified atom stereocenters. The first-order valence-electron chi connectivity index (χ1n) is 6.30. The van der Waals surface area contributed by atoms with Gasteiger partial charge in [-0.15, -0.1) is 12.4 Å². The average molecular weight is 303 g/mol. The van der Waals surface area contributed by atoms with E-state index in [0.29, 0.717) is 29.6 Å². The van der Waals surface area contributed by atoms with Gasteiger partial charge in [-0.05, 0) is 30.9 Å². The van der Waals surface area contributed by atoms with E-state index in [2.05, 4.69) is 6.92 Å². The number of carbonyl (C=O) groups excluding carboxylic acids is 1. The highest BCUT2D eigenvalue weighted by Gasteiger charge is 2.27. The minimum Gasteiger partial charge on any atom is -0.338 e. The van der Waals surface area contributed by atoms with Crippen LogP contribution >= 0.6 is 24.0 Å². The van der Waals surface area contributed by atoms with E-state index in [9.17, 15) is 4.79 Å². The maximum absolute atomic E-state index is 12.4. The second-order valence-corrected chi connectivity index (χ2v) is 5.50. The van der Waals surface area contributed by atoms with Crippen molar-refractivity contribution in [2.24, 2.45) is 11.7 Å². The Balaban J connectivity index is 0.00000180. The maximum Gasteiger partial charge on any atom is 0.255 e. The summed E-state index contributed by atoms with van der Waals surface area (Å²) in [5, 5.41) is 0.560. The molecule has 0 saturated carbocycles. The zero-order chi connectivity index (χ0) is 13.3. The number of likely N-dealkylation sites (tertiary alicyclic amines) is 1. The molecule has 0 bridgehead atoms. The zero-order valence-corrected chi connectivity index (χ0v) is 12.8. The van der Waals surface area contributed by atoms with E-state index in [4.69, 9.17) is 17.3 Å². The number of rotatable bonds is 1. The van der Waals surface area contributed by atoms with Crippen LogP contribution in [0.15, 0.2) is 18.2 Å². The standard InChI is InChI=1S/C14H19ClN2O.ClH/c1-9-4-3-5-11(13(9)15)14(18)17-7-6-12(16)10(2)8-17;/h3-5,10,12H,6-8,16H2,1-2H3;1H. The van der Waals surface area contributed by atoms with E-state index >= 15 is 0 Å². The van der Waals surface area contributed by atoms with Crippen LogP contribution in [0.2, 0.25) is 5.02 Å². The number of aryl methyl sites for hydroxylation is 1. The maximum atomic E-state index is 12.4. The molecule has 1 aliphatic rings. The lowest BCUT2D eigenvalue weighted by atomic mass is 9.94. The number of nitrogens with two attached hydrogens (primary N) is 1. The molecule has 0 aliphatic carbocycles. The summed E-state index contributed by atoms with van der Waals surface area (Å²) in [6, 6.07) is 5.76. The highest BCUT2D eigenvalue weighted by molar-refractivity contribution is 6.34. The van der Waals surface area contributed by atoms with Gasteiger partial charge in [0.05, 0.1) is 10.6 Å². The highest BCUT2D eigenvalue weighted by Crippen LogP contribution is 2.24. The first kappa shape index (κ1) is 16.3. The van der Waals surface area contributed by atoms with Gasteiger partial charge < -0.3 is 10.6 Å². The molecule has 1 amide bonds. The Morgan fingerprint density at radius 1 is 1.47 bits per heavy atom. The quantitative estimate of drug-likeness (QED) is 0.867. The van der Waals surface area contributed by atoms with Gasteiger partial charge in [-0.2, -0.15) is 0 Å². The van der Waals surface area contributed by atoms with Gasteiger partial charge in [0.15, 0.2) is 0 Å². The normalized spacial score (nSPS) is 22.8. The molecule has 1 aliphatic heterocycles. The van der Waals surface area contributed by atoms with Gasteiger partial charge in [0.25, 0.3) is 5.91 Å². The van der Waals surface area contributed by atoms with E-state index in [1.165, 1.54) is 0 Å². The molecule has 2 rings (SSSR count). The molecule has 106 valence electrons. The Hall–Kier alpha value is -0.770. The van der Waals surface area contributed by atoms with Crippen molar-refractivity contribution in [3.63, 3.8) is 0 Å². The molecular weight excluding hydrogens is 283 g/mol. The lowest BCUT2D eigenvalue weighted by molar-refractivity contribution is 0.0664. The van der Waals surface area contributed by atoms with Crippen LogP contribution in [-0.4, -0.2) is 29.9 Å². The Kier molecular flexibility index (Phi) is 5.65. The summed E-state index contributed by atoms with van der Waals surface area (Å²) < 4.78 is 0. The van der Waals surface area contributed by atoms with Gasteiger partial charge in [-0.1, -0.05) is 30.7 Å². The summed E-state index contributed by atoms with van der Waals surface area (Å²) in [5.74, 6) is 0.355. The van der Waals surface area contributed by atoms with Crippen LogP contribution in [0.3, 0.4) is 0 Å². The molecule has 3 nitrogen and oxygen atoms in total. The smallest absolute Gasteiger partial charge is 0.255 e. The van der Waals surface area contributed by atoms with Gasteiger partial charge in [-0.25, -0.2) is 0 Å². The van der Waals surface area contributed by atoms with Crippen molar-refractivity contribution in [1.29, 1.82) is 0 Å². The number of nitrogens with zero attached hydrogens (tertiary/aromatic N) is 1. The Morgan fingerprint density at radius 2 is 2.16 bits per heavy atom. The number of halogens is 2. The molecule has 1 heterocycles. The molecule has 1 aromatic carbocycles. The first-order valence-corrected chi connectivity index (χ1v) is 6.68. The lowest BCUT2D eigenvalue weighted by Gasteiger charge is -2.35. The fourth-order valence-electron chi connectivity index (χ4n) is 2.33. The number of hydrogen-bond acceptors (Lipinski definition) is 2. The van der Waals surface area contributed by atoms with Crippen molar-refractivity contribution >= 4 is 29.9 Å². The van der Waals surface area contributed by atoms with Gasteiger partial charge in [-0.3, -0.25) is 4.79 Å². The second kappa shape index (κ2) is 6.60. The van der Waals surface area contributed by atoms with Crippen molar-refractivity contribution < 1.29 is 4.79 Å². The summed E-state index contributed by atoms with van der Waals surface area (Å²) in [6.07, 6.45) is 0.857. The van der Waals surface area contributed by atoms with E-state index in [1.54, 1.807) is 6.07 Å². The van der Waals surface area contributed by atoms with Gasteiger partial charge in [0.1, 0.15) is 0 Å². The second-order valence-electron chi connectivity index (χ2n) is 5.12. The van der Waals surface area contributed by atoms with Crippen LogP contribution in [0.5, 0.6) is 0 Å². The molecule has 5 heteroatoms. The number of piperidine rings is 1. The van der Waals surface area contributed by atoms with Crippen molar-refractivity contribution in [3.8, 4) is 0 Å². The topological polar surface area (TPSA) is 46.3 Å². The first-order chi connectivity index (χ1) is 8.50. The molecule has 0 aromatic heterocycles. The van der Waals surface area contributed by atoms with Gasteiger partial charge >= 0.3 is 0 Å². The number of amides is 1. The molecule has 1 fully saturated rings. The minimum absolute atomic E-state index is 0. The summed E-state index contributed by atoms with van der Waals surface area (Å²) in [5.41, 5.74) is 7.50. The summed E-state index contributed by atoms with van der Waals surface area (Å²) in [7, 11) is 0. The average Bonchev–Trinajstić information content (AvgIpc) is 2.35. The van der Waals surface area contributed by atoms with Crippen molar-refractivity contribution in [2.75, 3.05) is 13.1 Å². The van der Waals surface area contributed by atoms with Crippen LogP contribution in [0.4, 0.5) is 0 Å². The number of benzene rings is 1. The Bertz CT molecular complexity index is 465. The highest BCUT2D eigenvalue weighted by atomic mass is 35.5. The van der Waals surface area contributed by atoms with Crippen LogP contribution < -0.4 is 5.73 Å². The van der Waals surface area contributed by atoms with Gasteiger partial charge in [0, 0.05) is 19.1 Å². The number of carbonyl (C=O) groups is 1. The molecule has 2 N–H and O–H groups in total. The molecule has 2 atom stereocenters. The van der Waals surface area contributed by atoms with Crippen molar-refractivity contribution in [3.05, 3.63) is 34.3 Å². The lowest BCUT2D eigenvalue weighted by Crippen LogP contribution is -2.48. The third-order valence-electron chi connectivity index (χ3n) is 3.68. The Labute approximate surface area is 125 Å². The van der Waals surface area contributed by atoms with E-state index in [0.717, 1.165) is 12.0 Å². The Morgan fingerprint density at radius 3 is 2.79 bits per heavy atom. The van der Waals surface area contributed by atoms with Crippen LogP contribution in [0.1, 0.15) is 29.3 Å². The molecule has 1 saturated heterocycles. The number of hydrogen-bond donors (Lipinski definition) is 1. The predicted molar refractivity (Wildman–Crippen MR) is 81.1 cm³/mol. The fourth-order valence-corrected chi connectivity index (χ4v) is 2.54. The molecule has 19 heavy (non-hydrogen) atoms. The molecular formula is C14H20Cl2N2O. The molecule has 0 spiro atoms. The summed E-state index contributed by atoms with van der Waals surface area (Å²) in [6.45, 7) is 5.43. The zero-order valence-electron chi connectivity index (χ0n) is 11.2. The van der Waals surface area contributed by atoms with Crippen LogP contribution in [0.25, 0.3) is 0 Å². The monoisotopic (exact) mass is 302 g/mol. The third-order valence-corrected chi connectivity index (χ3v) is 4.18. The van der Waals surface area contributed by atoms with Crippen molar-refractivity contribution in [2.45, 2.75) is 26.3 Å². The van der Waals surface area contributed by atoms with Gasteiger partial charge in [0.2, 0.25) is 0 Å². The third kappa shape index (κ3) is 3.41. The van der Waals surface area contributed by atoms with Crippen LogP contribution in [-0.2, 0) is 0 Å². The summed E-state index contributed by atoms with van der Waals surface area (Å²) >= 11 is 6.20. The van der Waals surface area contributed by atoms with E-state index in [1.807, 2.05) is 24.0 Å². The SMILES string of the molecule is Cc1cccc(C(=O)N2CCC(N)C(C)C2)c1Cl.Cl. The summed E-state index contributed by atoms with van der Waals surface area (Å²) in [4.78, 5) is 14.3. The van der Waals surface area contributed by atoms with Crippen LogP contribution in [0, 0.1) is 12.8 Å². The predicted octanol–water partition coefficient (Wildman–Crippen LogP) is 2.88.